The maximum absolute atomic E-state index is 11.8. The summed E-state index contributed by atoms with van der Waals surface area (Å²) in [7, 11) is 0. The number of benzene rings is 2. The molecule has 0 amide bonds. The van der Waals surface area contributed by atoms with Crippen LogP contribution in [-0.4, -0.2) is 34.7 Å². The molecule has 0 aliphatic carbocycles. The summed E-state index contributed by atoms with van der Waals surface area (Å²) in [6, 6.07) is 17.2. The van der Waals surface area contributed by atoms with Crippen LogP contribution in [0.25, 0.3) is 0 Å². The van der Waals surface area contributed by atoms with Crippen molar-refractivity contribution in [2.45, 2.75) is 37.2 Å². The molecule has 2 aromatic rings. The molecule has 0 radical (unpaired) electrons. The zero-order valence-corrected chi connectivity index (χ0v) is 15.3. The first kappa shape index (κ1) is 18.7. The molecule has 3 nitrogen and oxygen atoms in total. The van der Waals surface area contributed by atoms with Gasteiger partial charge in [0.05, 0.1) is 0 Å². The number of nitrogens with zero attached hydrogens (tertiary/aromatic N) is 1. The van der Waals surface area contributed by atoms with Gasteiger partial charge in [0.25, 0.3) is 0 Å². The minimum atomic E-state index is -1.06. The van der Waals surface area contributed by atoms with Crippen LogP contribution in [-0.2, 0) is 5.60 Å². The van der Waals surface area contributed by atoms with Gasteiger partial charge in [-0.3, -0.25) is 0 Å². The molecule has 0 bridgehead atoms. The third kappa shape index (κ3) is 4.17. The maximum Gasteiger partial charge on any atom is 0.115 e. The average molecular weight is 351 g/mol. The Kier molecular flexibility index (Phi) is 6.12. The van der Waals surface area contributed by atoms with E-state index in [4.69, 9.17) is 0 Å². The van der Waals surface area contributed by atoms with Crippen LogP contribution in [0.2, 0.25) is 0 Å². The smallest absolute Gasteiger partial charge is 0.115 e. The fraction of sp³-hybridized carbons (Fsp3) is 0.391. The fourth-order valence-electron chi connectivity index (χ4n) is 4.05. The Bertz CT molecular complexity index is 692. The summed E-state index contributed by atoms with van der Waals surface area (Å²) in [6.45, 7) is 6.88. The first-order valence-electron chi connectivity index (χ1n) is 9.53. The topological polar surface area (TPSA) is 43.7 Å². The van der Waals surface area contributed by atoms with Crippen LogP contribution in [0, 0.1) is 0 Å². The van der Waals surface area contributed by atoms with Crippen LogP contribution in [0.5, 0.6) is 5.75 Å². The highest BCUT2D eigenvalue weighted by atomic mass is 16.3. The molecule has 1 aliphatic rings. The highest BCUT2D eigenvalue weighted by Crippen LogP contribution is 2.41. The van der Waals surface area contributed by atoms with E-state index in [1.54, 1.807) is 18.2 Å². The number of phenols is 1. The molecule has 138 valence electrons. The number of hydrogen-bond acceptors (Lipinski definition) is 3. The van der Waals surface area contributed by atoms with Crippen LogP contribution in [0.3, 0.4) is 0 Å². The van der Waals surface area contributed by atoms with E-state index in [0.29, 0.717) is 6.42 Å². The van der Waals surface area contributed by atoms with Crippen LogP contribution < -0.4 is 0 Å². The van der Waals surface area contributed by atoms with Crippen molar-refractivity contribution in [2.24, 2.45) is 0 Å². The fourth-order valence-corrected chi connectivity index (χ4v) is 4.05. The Labute approximate surface area is 156 Å². The summed E-state index contributed by atoms with van der Waals surface area (Å²) in [5.74, 6) is 0.145. The Hall–Kier alpha value is -2.10. The van der Waals surface area contributed by atoms with E-state index in [-0.39, 0.29) is 11.7 Å². The third-order valence-electron chi connectivity index (χ3n) is 5.49. The lowest BCUT2D eigenvalue weighted by Gasteiger charge is -2.40. The Morgan fingerprint density at radius 2 is 1.65 bits per heavy atom. The molecule has 0 saturated carbocycles. The van der Waals surface area contributed by atoms with Crippen molar-refractivity contribution in [3.8, 4) is 5.75 Å². The Morgan fingerprint density at radius 3 is 2.27 bits per heavy atom. The molecule has 0 aromatic heterocycles. The predicted octanol–water partition coefficient (Wildman–Crippen LogP) is 4.43. The van der Waals surface area contributed by atoms with Gasteiger partial charge in [-0.25, -0.2) is 0 Å². The normalized spacial score (nSPS) is 18.8. The van der Waals surface area contributed by atoms with Crippen LogP contribution >= 0.6 is 0 Å². The molecule has 0 spiro atoms. The molecule has 1 heterocycles. The molecule has 1 aliphatic heterocycles. The molecule has 3 heteroatoms. The van der Waals surface area contributed by atoms with Gasteiger partial charge in [-0.2, -0.15) is 0 Å². The molecule has 2 aromatic carbocycles. The largest absolute Gasteiger partial charge is 0.508 e. The number of rotatable bonds is 7. The van der Waals surface area contributed by atoms with Crippen molar-refractivity contribution in [1.82, 2.24) is 4.90 Å². The second-order valence-electron chi connectivity index (χ2n) is 7.29. The summed E-state index contributed by atoms with van der Waals surface area (Å²) < 4.78 is 0. The molecule has 3 rings (SSSR count). The zero-order valence-electron chi connectivity index (χ0n) is 15.3. The first-order valence-corrected chi connectivity index (χ1v) is 9.53. The van der Waals surface area contributed by atoms with Crippen molar-refractivity contribution in [1.29, 1.82) is 0 Å². The molecule has 1 saturated heterocycles. The van der Waals surface area contributed by atoms with E-state index in [1.165, 1.54) is 19.3 Å². The van der Waals surface area contributed by atoms with Crippen molar-refractivity contribution in [3.63, 3.8) is 0 Å². The van der Waals surface area contributed by atoms with Gasteiger partial charge >= 0.3 is 0 Å². The van der Waals surface area contributed by atoms with Crippen molar-refractivity contribution < 1.29 is 10.2 Å². The summed E-state index contributed by atoms with van der Waals surface area (Å²) in [5.41, 5.74) is 0.894. The Balaban J connectivity index is 2.00. The van der Waals surface area contributed by atoms with Gasteiger partial charge in [-0.05, 0) is 55.6 Å². The van der Waals surface area contributed by atoms with E-state index >= 15 is 0 Å². The monoisotopic (exact) mass is 351 g/mol. The van der Waals surface area contributed by atoms with Crippen LogP contribution in [0.1, 0.15) is 42.7 Å². The SMILES string of the molecule is C=CCC(O)(c1ccc(O)cc1)C(CN1CCCCC1)c1ccccc1. The summed E-state index contributed by atoms with van der Waals surface area (Å²) >= 11 is 0. The van der Waals surface area contributed by atoms with Gasteiger partial charge in [-0.15, -0.1) is 6.58 Å². The van der Waals surface area contributed by atoms with E-state index in [1.807, 2.05) is 30.3 Å². The number of hydrogen-bond donors (Lipinski definition) is 2. The summed E-state index contributed by atoms with van der Waals surface area (Å²) in [5, 5.41) is 21.5. The highest BCUT2D eigenvalue weighted by Gasteiger charge is 2.39. The first-order chi connectivity index (χ1) is 12.6. The predicted molar refractivity (Wildman–Crippen MR) is 106 cm³/mol. The minimum Gasteiger partial charge on any atom is -0.508 e. The molecule has 2 unspecified atom stereocenters. The summed E-state index contributed by atoms with van der Waals surface area (Å²) in [6.07, 6.45) is 5.99. The Morgan fingerprint density at radius 1 is 1.00 bits per heavy atom. The number of phenolic OH excluding ortho intramolecular Hbond substituents is 1. The number of aromatic hydroxyl groups is 1. The summed E-state index contributed by atoms with van der Waals surface area (Å²) in [4.78, 5) is 2.47. The van der Waals surface area contributed by atoms with Gasteiger partial charge in [0, 0.05) is 12.5 Å². The molecular weight excluding hydrogens is 322 g/mol. The molecule has 26 heavy (non-hydrogen) atoms. The third-order valence-corrected chi connectivity index (χ3v) is 5.49. The van der Waals surface area contributed by atoms with E-state index < -0.39 is 5.60 Å². The zero-order chi connectivity index (χ0) is 18.4. The lowest BCUT2D eigenvalue weighted by Crippen LogP contribution is -2.42. The van der Waals surface area contributed by atoms with Gasteiger partial charge < -0.3 is 15.1 Å². The minimum absolute atomic E-state index is 0.0654. The van der Waals surface area contributed by atoms with Gasteiger partial charge in [0.2, 0.25) is 0 Å². The number of piperidine rings is 1. The van der Waals surface area contributed by atoms with Gasteiger partial charge in [0.15, 0.2) is 0 Å². The van der Waals surface area contributed by atoms with Crippen molar-refractivity contribution in [2.75, 3.05) is 19.6 Å². The van der Waals surface area contributed by atoms with Crippen molar-refractivity contribution >= 4 is 0 Å². The second-order valence-corrected chi connectivity index (χ2v) is 7.29. The van der Waals surface area contributed by atoms with Gasteiger partial charge in [-0.1, -0.05) is 55.0 Å². The standard InChI is InChI=1S/C23H29NO2/c1-2-15-23(26,20-11-13-21(25)14-12-20)22(19-9-5-3-6-10-19)18-24-16-7-4-8-17-24/h2-3,5-6,9-14,22,25-26H,1,4,7-8,15-18H2. The molecule has 2 N–H and O–H groups in total. The van der Waals surface area contributed by atoms with Crippen LogP contribution in [0.4, 0.5) is 0 Å². The molecule has 1 fully saturated rings. The van der Waals surface area contributed by atoms with Gasteiger partial charge in [0.1, 0.15) is 11.4 Å². The van der Waals surface area contributed by atoms with E-state index in [9.17, 15) is 10.2 Å². The maximum atomic E-state index is 11.8. The highest BCUT2D eigenvalue weighted by molar-refractivity contribution is 5.35. The lowest BCUT2D eigenvalue weighted by molar-refractivity contribution is -0.00430. The average Bonchev–Trinajstić information content (AvgIpc) is 2.68. The molecular formula is C23H29NO2. The molecule has 2 atom stereocenters. The second kappa shape index (κ2) is 8.52. The lowest BCUT2D eigenvalue weighted by atomic mass is 9.74. The van der Waals surface area contributed by atoms with Crippen LogP contribution in [0.15, 0.2) is 67.3 Å². The quantitative estimate of drug-likeness (QED) is 0.726. The van der Waals surface area contributed by atoms with Crippen molar-refractivity contribution in [3.05, 3.63) is 78.4 Å². The number of likely N-dealkylation sites (tertiary alicyclic amines) is 1. The number of aliphatic hydroxyl groups is 1. The van der Waals surface area contributed by atoms with E-state index in [2.05, 4.69) is 23.6 Å². The van der Waals surface area contributed by atoms with E-state index in [0.717, 1.165) is 30.8 Å².